The van der Waals surface area contributed by atoms with Gasteiger partial charge in [-0.15, -0.1) is 0 Å². The second-order valence-corrected chi connectivity index (χ2v) is 4.85. The molecule has 6 N–H and O–H groups in total. The molecule has 0 saturated carbocycles. The second-order valence-electron chi connectivity index (χ2n) is 4.85. The molecular weight excluding hydrogens is 292 g/mol. The fraction of sp³-hybridized carbons (Fsp3) is 0.615. The van der Waals surface area contributed by atoms with Gasteiger partial charge in [-0.2, -0.15) is 0 Å². The van der Waals surface area contributed by atoms with Gasteiger partial charge in [0.05, 0.1) is 12.2 Å². The predicted octanol–water partition coefficient (Wildman–Crippen LogP) is -1.24. The lowest BCUT2D eigenvalue weighted by atomic mass is 10.2. The van der Waals surface area contributed by atoms with Crippen molar-refractivity contribution in [1.29, 1.82) is 0 Å². The van der Waals surface area contributed by atoms with Crippen LogP contribution in [0.3, 0.4) is 0 Å². The number of nitrogens with two attached hydrogens (primary N) is 3. The zero-order valence-corrected chi connectivity index (χ0v) is 12.5. The van der Waals surface area contributed by atoms with Crippen LogP contribution in [-0.2, 0) is 23.8 Å². The number of carbonyl (C=O) groups excluding carboxylic acids is 2. The van der Waals surface area contributed by atoms with Crippen molar-refractivity contribution in [2.45, 2.75) is 31.9 Å². The maximum atomic E-state index is 11.6. The number of guanidine groups is 1. The molecule has 22 heavy (non-hydrogen) atoms. The zero-order chi connectivity index (χ0) is 16.5. The topological polar surface area (TPSA) is 156 Å². The van der Waals surface area contributed by atoms with Gasteiger partial charge in [-0.3, -0.25) is 4.99 Å². The molecule has 0 aromatic heterocycles. The smallest absolute Gasteiger partial charge is 0.336 e. The summed E-state index contributed by atoms with van der Waals surface area (Å²) in [5, 5.41) is 0. The van der Waals surface area contributed by atoms with Crippen LogP contribution in [0.2, 0.25) is 0 Å². The molecular formula is C13H22N4O5. The first-order valence-electron chi connectivity index (χ1n) is 6.87. The van der Waals surface area contributed by atoms with Gasteiger partial charge in [-0.1, -0.05) is 0 Å². The average Bonchev–Trinajstić information content (AvgIpc) is 3.29. The molecule has 0 aromatic carbocycles. The maximum Gasteiger partial charge on any atom is 0.336 e. The van der Waals surface area contributed by atoms with Gasteiger partial charge in [0, 0.05) is 6.54 Å². The summed E-state index contributed by atoms with van der Waals surface area (Å²) in [5.41, 5.74) is 16.2. The number of rotatable bonds is 9. The van der Waals surface area contributed by atoms with E-state index in [2.05, 4.69) is 4.99 Å². The third-order valence-corrected chi connectivity index (χ3v) is 2.75. The summed E-state index contributed by atoms with van der Waals surface area (Å²) in [7, 11) is 0. The maximum absolute atomic E-state index is 11.6. The quantitative estimate of drug-likeness (QED) is 0.0907. The van der Waals surface area contributed by atoms with Gasteiger partial charge in [0.25, 0.3) is 0 Å². The van der Waals surface area contributed by atoms with Crippen molar-refractivity contribution in [3.63, 3.8) is 0 Å². The van der Waals surface area contributed by atoms with Crippen molar-refractivity contribution >= 4 is 17.9 Å². The van der Waals surface area contributed by atoms with Crippen LogP contribution in [-0.4, -0.2) is 49.8 Å². The van der Waals surface area contributed by atoms with Crippen LogP contribution in [0.5, 0.6) is 0 Å². The normalized spacial score (nSPS) is 18.3. The van der Waals surface area contributed by atoms with E-state index in [-0.39, 0.29) is 24.2 Å². The molecule has 9 heteroatoms. The van der Waals surface area contributed by atoms with Gasteiger partial charge >= 0.3 is 11.9 Å². The summed E-state index contributed by atoms with van der Waals surface area (Å²) >= 11 is 0. The van der Waals surface area contributed by atoms with Crippen molar-refractivity contribution in [3.05, 3.63) is 11.8 Å². The number of hydrogen-bond donors (Lipinski definition) is 3. The van der Waals surface area contributed by atoms with Crippen molar-refractivity contribution < 1.29 is 23.8 Å². The Labute approximate surface area is 128 Å². The highest BCUT2D eigenvalue weighted by atomic mass is 16.6. The molecule has 0 aromatic rings. The Morgan fingerprint density at radius 3 is 2.73 bits per heavy atom. The Hall–Kier alpha value is -2.13. The SMILES string of the molecule is CC(=COC(=O)[C@@H](N)CCCN=C(N)N)C(=O)OCC1CO1. The first-order chi connectivity index (χ1) is 10.4. The minimum Gasteiger partial charge on any atom is -0.459 e. The third-order valence-electron chi connectivity index (χ3n) is 2.75. The summed E-state index contributed by atoms with van der Waals surface area (Å²) in [4.78, 5) is 26.9. The second kappa shape index (κ2) is 9.00. The van der Waals surface area contributed by atoms with Gasteiger partial charge < -0.3 is 31.4 Å². The van der Waals surface area contributed by atoms with Crippen LogP contribution in [0, 0.1) is 0 Å². The third kappa shape index (κ3) is 7.60. The first kappa shape index (κ1) is 17.9. The summed E-state index contributed by atoms with van der Waals surface area (Å²) < 4.78 is 14.7. The average molecular weight is 314 g/mol. The van der Waals surface area contributed by atoms with E-state index in [1.165, 1.54) is 6.92 Å². The molecule has 1 fully saturated rings. The summed E-state index contributed by atoms with van der Waals surface area (Å²) in [5.74, 6) is -1.21. The largest absolute Gasteiger partial charge is 0.459 e. The number of esters is 2. The standard InChI is InChI=1S/C13H22N4O5/c1-8(11(18)22-7-9-6-20-9)5-21-12(19)10(14)3-2-4-17-13(15)16/h5,9-10H,2-4,6-7,14H2,1H3,(H4,15,16,17)/t9?,10-/m0/s1. The summed E-state index contributed by atoms with van der Waals surface area (Å²) in [6.07, 6.45) is 1.93. The number of hydrogen-bond acceptors (Lipinski definition) is 7. The van der Waals surface area contributed by atoms with Crippen molar-refractivity contribution in [2.24, 2.45) is 22.2 Å². The molecule has 0 radical (unpaired) electrons. The van der Waals surface area contributed by atoms with Crippen LogP contribution in [0.25, 0.3) is 0 Å². The van der Waals surface area contributed by atoms with E-state index >= 15 is 0 Å². The monoisotopic (exact) mass is 314 g/mol. The molecule has 2 atom stereocenters. The van der Waals surface area contributed by atoms with Crippen LogP contribution in [0.4, 0.5) is 0 Å². The number of carbonyl (C=O) groups is 2. The number of aliphatic imine (C=N–C) groups is 1. The van der Waals surface area contributed by atoms with Gasteiger partial charge in [0.15, 0.2) is 5.96 Å². The van der Waals surface area contributed by atoms with E-state index in [1.807, 2.05) is 0 Å². The Kier molecular flexibility index (Phi) is 7.33. The number of ether oxygens (including phenoxy) is 3. The lowest BCUT2D eigenvalue weighted by Gasteiger charge is -2.09. The molecule has 9 nitrogen and oxygen atoms in total. The molecule has 0 spiro atoms. The Balaban J connectivity index is 2.24. The molecule has 1 rings (SSSR count). The molecule has 1 aliphatic heterocycles. The Bertz CT molecular complexity index is 455. The molecule has 1 saturated heterocycles. The molecule has 1 heterocycles. The van der Waals surface area contributed by atoms with Gasteiger partial charge in [-0.25, -0.2) is 9.59 Å². The van der Waals surface area contributed by atoms with E-state index in [1.54, 1.807) is 0 Å². The van der Waals surface area contributed by atoms with Gasteiger partial charge in [0.2, 0.25) is 0 Å². The highest BCUT2D eigenvalue weighted by Crippen LogP contribution is 2.10. The van der Waals surface area contributed by atoms with Crippen LogP contribution in [0.15, 0.2) is 16.8 Å². The number of nitrogens with zero attached hydrogens (tertiary/aromatic N) is 1. The Morgan fingerprint density at radius 1 is 1.45 bits per heavy atom. The van der Waals surface area contributed by atoms with E-state index < -0.39 is 18.0 Å². The van der Waals surface area contributed by atoms with Crippen molar-refractivity contribution in [2.75, 3.05) is 19.8 Å². The van der Waals surface area contributed by atoms with E-state index in [9.17, 15) is 9.59 Å². The lowest BCUT2D eigenvalue weighted by Crippen LogP contribution is -2.31. The summed E-state index contributed by atoms with van der Waals surface area (Å²) in [6, 6.07) is -0.811. The summed E-state index contributed by atoms with van der Waals surface area (Å²) in [6.45, 7) is 2.66. The molecule has 124 valence electrons. The molecule has 0 amide bonds. The zero-order valence-electron chi connectivity index (χ0n) is 12.5. The fourth-order valence-corrected chi connectivity index (χ4v) is 1.37. The molecule has 0 bridgehead atoms. The molecule has 1 aliphatic rings. The first-order valence-corrected chi connectivity index (χ1v) is 6.87. The van der Waals surface area contributed by atoms with Crippen molar-refractivity contribution in [3.8, 4) is 0 Å². The van der Waals surface area contributed by atoms with E-state index in [0.717, 1.165) is 6.26 Å². The van der Waals surface area contributed by atoms with E-state index in [4.69, 9.17) is 31.4 Å². The molecule has 1 unspecified atom stereocenters. The van der Waals surface area contributed by atoms with Crippen molar-refractivity contribution in [1.82, 2.24) is 0 Å². The van der Waals surface area contributed by atoms with Crippen LogP contribution in [0.1, 0.15) is 19.8 Å². The number of epoxide rings is 1. The van der Waals surface area contributed by atoms with Crippen LogP contribution >= 0.6 is 0 Å². The van der Waals surface area contributed by atoms with Crippen LogP contribution < -0.4 is 17.2 Å². The minimum atomic E-state index is -0.811. The Morgan fingerprint density at radius 2 is 2.14 bits per heavy atom. The minimum absolute atomic E-state index is 0.00943. The van der Waals surface area contributed by atoms with Gasteiger partial charge in [0.1, 0.15) is 25.0 Å². The highest BCUT2D eigenvalue weighted by Gasteiger charge is 2.24. The lowest BCUT2D eigenvalue weighted by molar-refractivity contribution is -0.141. The van der Waals surface area contributed by atoms with E-state index in [0.29, 0.717) is 26.0 Å². The van der Waals surface area contributed by atoms with Gasteiger partial charge in [-0.05, 0) is 19.8 Å². The predicted molar refractivity (Wildman–Crippen MR) is 78.4 cm³/mol. The molecule has 0 aliphatic carbocycles. The highest BCUT2D eigenvalue weighted by molar-refractivity contribution is 5.88. The fourth-order valence-electron chi connectivity index (χ4n) is 1.37.